The lowest BCUT2D eigenvalue weighted by Gasteiger charge is -2.39. The van der Waals surface area contributed by atoms with Gasteiger partial charge in [0.1, 0.15) is 17.9 Å². The summed E-state index contributed by atoms with van der Waals surface area (Å²) in [7, 11) is 2.07. The van der Waals surface area contributed by atoms with Crippen LogP contribution in [0.4, 0.5) is 4.39 Å². The van der Waals surface area contributed by atoms with E-state index in [-0.39, 0.29) is 48.2 Å². The third kappa shape index (κ3) is 5.24. The Labute approximate surface area is 216 Å². The van der Waals surface area contributed by atoms with Crippen LogP contribution in [0.2, 0.25) is 0 Å². The van der Waals surface area contributed by atoms with E-state index in [0.717, 1.165) is 44.9 Å². The van der Waals surface area contributed by atoms with Gasteiger partial charge in [-0.15, -0.1) is 11.6 Å². The number of piperidine rings is 1. The van der Waals surface area contributed by atoms with Crippen LogP contribution in [0.5, 0.6) is 0 Å². The maximum absolute atomic E-state index is 13.8. The van der Waals surface area contributed by atoms with E-state index in [2.05, 4.69) is 33.0 Å². The monoisotopic (exact) mass is 525 g/mol. The van der Waals surface area contributed by atoms with Gasteiger partial charge in [-0.05, 0) is 26.4 Å². The summed E-state index contributed by atoms with van der Waals surface area (Å²) in [4.78, 5) is 39.6. The zero-order chi connectivity index (χ0) is 25.4. The number of hydrogen-bond acceptors (Lipinski definition) is 9. The number of carbonyl (C=O) groups excluding carboxylic acids is 2. The second kappa shape index (κ2) is 10.9. The van der Waals surface area contributed by atoms with E-state index in [4.69, 9.17) is 22.3 Å². The molecule has 3 saturated heterocycles. The van der Waals surface area contributed by atoms with Crippen molar-refractivity contribution in [2.75, 3.05) is 66.0 Å². The fourth-order valence-corrected chi connectivity index (χ4v) is 6.36. The lowest BCUT2D eigenvalue weighted by molar-refractivity contribution is -0.137. The first-order valence-electron chi connectivity index (χ1n) is 13.0. The normalized spacial score (nSPS) is 37.7. The molecule has 200 valence electrons. The number of nitrogens with one attached hydrogen (secondary N) is 3. The maximum atomic E-state index is 13.8. The molecule has 0 aromatic rings. The molecule has 13 heteroatoms. The average Bonchev–Trinajstić information content (AvgIpc) is 3.19. The van der Waals surface area contributed by atoms with Crippen LogP contribution >= 0.6 is 11.6 Å². The largest absolute Gasteiger partial charge is 0.351 e. The fourth-order valence-electron chi connectivity index (χ4n) is 5.92. The molecule has 3 fully saturated rings. The molecule has 0 radical (unpaired) electrons. The van der Waals surface area contributed by atoms with Crippen LogP contribution in [-0.4, -0.2) is 128 Å². The van der Waals surface area contributed by atoms with Crippen molar-refractivity contribution < 1.29 is 14.0 Å². The molecule has 0 aliphatic carbocycles. The number of rotatable bonds is 4. The summed E-state index contributed by atoms with van der Waals surface area (Å²) in [5.41, 5.74) is 10.0. The average molecular weight is 526 g/mol. The van der Waals surface area contributed by atoms with Gasteiger partial charge in [0.05, 0.1) is 37.1 Å². The van der Waals surface area contributed by atoms with Crippen molar-refractivity contribution in [2.45, 2.75) is 36.6 Å². The summed E-state index contributed by atoms with van der Waals surface area (Å²) >= 11 is 6.84. The molecule has 0 bridgehead atoms. The van der Waals surface area contributed by atoms with Gasteiger partial charge in [0.25, 0.3) is 0 Å². The highest BCUT2D eigenvalue weighted by molar-refractivity contribution is 6.32. The molecule has 7 unspecified atom stereocenters. The van der Waals surface area contributed by atoms with Gasteiger partial charge >= 0.3 is 0 Å². The van der Waals surface area contributed by atoms with Gasteiger partial charge in [-0.1, -0.05) is 0 Å². The summed E-state index contributed by atoms with van der Waals surface area (Å²) in [5.74, 6) is -0.523. The second-order valence-corrected chi connectivity index (χ2v) is 11.1. The number of nitrogens with two attached hydrogens (primary N) is 1. The molecule has 5 aliphatic rings. The number of piperazine rings is 1. The highest BCUT2D eigenvalue weighted by Gasteiger charge is 2.45. The quantitative estimate of drug-likeness (QED) is 0.325. The Morgan fingerprint density at radius 2 is 1.97 bits per heavy atom. The number of fused-ring (bicyclic) bond motifs is 1. The van der Waals surface area contributed by atoms with Crippen molar-refractivity contribution in [1.29, 1.82) is 0 Å². The van der Waals surface area contributed by atoms with Gasteiger partial charge in [0.15, 0.2) is 0 Å². The number of nitrogens with zero attached hydrogens (tertiary/aromatic N) is 5. The summed E-state index contributed by atoms with van der Waals surface area (Å²) in [6.45, 7) is 5.22. The van der Waals surface area contributed by atoms with Crippen LogP contribution in [0.15, 0.2) is 9.98 Å². The predicted molar refractivity (Wildman–Crippen MR) is 136 cm³/mol. The zero-order valence-corrected chi connectivity index (χ0v) is 21.5. The topological polar surface area (TPSA) is 131 Å². The number of likely N-dealkylation sites (N-methyl/N-ethyl adjacent to an activating group) is 1. The van der Waals surface area contributed by atoms with Crippen molar-refractivity contribution in [2.24, 2.45) is 33.5 Å². The number of carbonyl (C=O) groups is 2. The van der Waals surface area contributed by atoms with Gasteiger partial charge < -0.3 is 26.2 Å². The van der Waals surface area contributed by atoms with Gasteiger partial charge in [-0.25, -0.2) is 9.82 Å². The van der Waals surface area contributed by atoms with Crippen LogP contribution in [0, 0.1) is 17.8 Å². The minimum Gasteiger partial charge on any atom is -0.351 e. The number of aliphatic imine (C=N–C) groups is 2. The smallest absolute Gasteiger partial charge is 0.234 e. The van der Waals surface area contributed by atoms with Crippen molar-refractivity contribution in [1.82, 2.24) is 30.9 Å². The zero-order valence-electron chi connectivity index (χ0n) is 20.7. The molecule has 0 aromatic carbocycles. The SMILES string of the molecule is CN1CCN(C(=O)C2CN=C(C3CCNCC3NC(=O)C3C4=NCC(F)CN4NC3N)C(Cl)C2)CC1. The van der Waals surface area contributed by atoms with Crippen LogP contribution in [0.25, 0.3) is 0 Å². The second-order valence-electron chi connectivity index (χ2n) is 10.5. The Bertz CT molecular complexity index is 912. The fraction of sp³-hybridized carbons (Fsp3) is 0.826. The molecule has 5 heterocycles. The summed E-state index contributed by atoms with van der Waals surface area (Å²) in [6, 6.07) is -0.213. The first-order chi connectivity index (χ1) is 17.3. The first kappa shape index (κ1) is 25.8. The van der Waals surface area contributed by atoms with Gasteiger partial charge in [0, 0.05) is 50.4 Å². The highest BCUT2D eigenvalue weighted by atomic mass is 35.5. The summed E-state index contributed by atoms with van der Waals surface area (Å²) in [5, 5.41) is 7.70. The molecule has 5 aliphatic heterocycles. The van der Waals surface area contributed by atoms with Crippen molar-refractivity contribution in [3.8, 4) is 0 Å². The Morgan fingerprint density at radius 3 is 2.72 bits per heavy atom. The lowest BCUT2D eigenvalue weighted by Crippen LogP contribution is -2.58. The standard InChI is InChI=1S/C23H37ClFN9O2/c1-32-4-6-33(7-5-32)23(36)13-8-16(24)19(28-9-13)15-2-3-27-11-17(15)30-22(35)18-20(26)31-34-12-14(25)10-29-21(18)34/h13-18,20,27,31H,2-12,26H2,1H3,(H,30,35). The van der Waals surface area contributed by atoms with E-state index in [1.54, 1.807) is 5.01 Å². The molecule has 0 saturated carbocycles. The van der Waals surface area contributed by atoms with E-state index in [1.165, 1.54) is 0 Å². The van der Waals surface area contributed by atoms with E-state index < -0.39 is 18.3 Å². The Morgan fingerprint density at radius 1 is 1.19 bits per heavy atom. The first-order valence-corrected chi connectivity index (χ1v) is 13.4. The van der Waals surface area contributed by atoms with Gasteiger partial charge in [0.2, 0.25) is 11.8 Å². The van der Waals surface area contributed by atoms with E-state index in [9.17, 15) is 14.0 Å². The number of alkyl halides is 2. The number of hydrazine groups is 1. The summed E-state index contributed by atoms with van der Waals surface area (Å²) in [6.07, 6.45) is -0.406. The van der Waals surface area contributed by atoms with Crippen molar-refractivity contribution in [3.05, 3.63) is 0 Å². The van der Waals surface area contributed by atoms with Crippen LogP contribution in [0.3, 0.4) is 0 Å². The molecular weight excluding hydrogens is 489 g/mol. The summed E-state index contributed by atoms with van der Waals surface area (Å²) < 4.78 is 13.8. The van der Waals surface area contributed by atoms with Crippen molar-refractivity contribution >= 4 is 35.0 Å². The molecule has 5 rings (SSSR count). The lowest BCUT2D eigenvalue weighted by atomic mass is 9.82. The van der Waals surface area contributed by atoms with Crippen LogP contribution in [-0.2, 0) is 9.59 Å². The Balaban J connectivity index is 1.24. The number of amidine groups is 1. The molecule has 5 N–H and O–H groups in total. The Kier molecular flexibility index (Phi) is 7.78. The molecule has 2 amide bonds. The van der Waals surface area contributed by atoms with Crippen LogP contribution in [0.1, 0.15) is 12.8 Å². The van der Waals surface area contributed by atoms with Gasteiger partial charge in [-0.3, -0.25) is 24.6 Å². The third-order valence-electron chi connectivity index (χ3n) is 7.99. The third-order valence-corrected chi connectivity index (χ3v) is 8.40. The van der Waals surface area contributed by atoms with E-state index in [1.807, 2.05) is 4.90 Å². The number of halogens is 2. The molecule has 0 aromatic heterocycles. The van der Waals surface area contributed by atoms with E-state index in [0.29, 0.717) is 25.3 Å². The molecule has 36 heavy (non-hydrogen) atoms. The van der Waals surface area contributed by atoms with Crippen molar-refractivity contribution in [3.63, 3.8) is 0 Å². The number of hydrogen-bond donors (Lipinski definition) is 4. The Hall–Kier alpha value is -1.86. The van der Waals surface area contributed by atoms with E-state index >= 15 is 0 Å². The minimum atomic E-state index is -1.08. The molecule has 11 nitrogen and oxygen atoms in total. The molecule has 0 spiro atoms. The van der Waals surface area contributed by atoms with Gasteiger partial charge in [-0.2, -0.15) is 0 Å². The minimum absolute atomic E-state index is 0.0254. The predicted octanol–water partition coefficient (Wildman–Crippen LogP) is -1.61. The number of amides is 2. The maximum Gasteiger partial charge on any atom is 0.234 e. The highest BCUT2D eigenvalue weighted by Crippen LogP contribution is 2.29. The molecular formula is C23H37ClFN9O2. The molecule has 7 atom stereocenters. The van der Waals surface area contributed by atoms with Crippen LogP contribution < -0.4 is 21.8 Å².